The van der Waals surface area contributed by atoms with Crippen LogP contribution in [-0.2, 0) is 6.54 Å². The van der Waals surface area contributed by atoms with E-state index in [2.05, 4.69) is 10.2 Å². The standard InChI is InChI=1S/C18H19N3OS/c1-13(2)21(12-14-7-4-3-5-8-14)18(22)16-11-15(19-20-16)17-9-6-10-23-17/h3-11,13H,12H2,1-2H3,(H,19,20). The SMILES string of the molecule is CC(C)N(Cc1ccccc1)C(=O)c1cc(-c2cccs2)[nH]n1. The zero-order chi connectivity index (χ0) is 16.2. The van der Waals surface area contributed by atoms with Crippen molar-refractivity contribution in [1.29, 1.82) is 0 Å². The first-order valence-corrected chi connectivity index (χ1v) is 8.47. The van der Waals surface area contributed by atoms with Gasteiger partial charge in [-0.05, 0) is 36.9 Å². The maximum Gasteiger partial charge on any atom is 0.274 e. The van der Waals surface area contributed by atoms with Crippen molar-refractivity contribution in [3.8, 4) is 10.6 Å². The molecule has 3 aromatic rings. The van der Waals surface area contributed by atoms with Gasteiger partial charge in [0.05, 0.1) is 10.6 Å². The van der Waals surface area contributed by atoms with E-state index in [1.807, 2.05) is 72.7 Å². The predicted molar refractivity (Wildman–Crippen MR) is 93.4 cm³/mol. The molecule has 23 heavy (non-hydrogen) atoms. The first-order valence-electron chi connectivity index (χ1n) is 7.59. The third kappa shape index (κ3) is 3.51. The van der Waals surface area contributed by atoms with Crippen molar-refractivity contribution in [2.24, 2.45) is 0 Å². The van der Waals surface area contributed by atoms with Crippen molar-refractivity contribution in [2.45, 2.75) is 26.4 Å². The Kier molecular flexibility index (Phi) is 4.57. The van der Waals surface area contributed by atoms with Gasteiger partial charge in [-0.15, -0.1) is 11.3 Å². The number of amides is 1. The lowest BCUT2D eigenvalue weighted by atomic mass is 10.1. The molecule has 0 atom stereocenters. The minimum Gasteiger partial charge on any atom is -0.331 e. The second-order valence-corrected chi connectivity index (χ2v) is 6.60. The van der Waals surface area contributed by atoms with Crippen molar-refractivity contribution in [2.75, 3.05) is 0 Å². The summed E-state index contributed by atoms with van der Waals surface area (Å²) in [6.45, 7) is 4.62. The van der Waals surface area contributed by atoms with Gasteiger partial charge in [0.1, 0.15) is 0 Å². The normalized spacial score (nSPS) is 10.9. The van der Waals surface area contributed by atoms with Crippen LogP contribution in [-0.4, -0.2) is 27.0 Å². The van der Waals surface area contributed by atoms with E-state index in [-0.39, 0.29) is 11.9 Å². The molecular formula is C18H19N3OS. The highest BCUT2D eigenvalue weighted by atomic mass is 32.1. The Morgan fingerprint density at radius 2 is 2.00 bits per heavy atom. The van der Waals surface area contributed by atoms with Gasteiger partial charge in [-0.25, -0.2) is 0 Å². The second kappa shape index (κ2) is 6.79. The maximum absolute atomic E-state index is 12.8. The highest BCUT2D eigenvalue weighted by Gasteiger charge is 2.22. The van der Waals surface area contributed by atoms with Gasteiger partial charge in [-0.1, -0.05) is 36.4 Å². The van der Waals surface area contributed by atoms with Crippen LogP contribution in [0.15, 0.2) is 53.9 Å². The van der Waals surface area contributed by atoms with E-state index in [0.29, 0.717) is 12.2 Å². The second-order valence-electron chi connectivity index (χ2n) is 5.66. The number of carbonyl (C=O) groups excluding carboxylic acids is 1. The molecule has 3 rings (SSSR count). The van der Waals surface area contributed by atoms with Gasteiger partial charge in [-0.3, -0.25) is 9.89 Å². The van der Waals surface area contributed by atoms with Crippen LogP contribution < -0.4 is 0 Å². The molecule has 0 saturated carbocycles. The molecule has 0 spiro atoms. The molecule has 2 aromatic heterocycles. The summed E-state index contributed by atoms with van der Waals surface area (Å²) < 4.78 is 0. The van der Waals surface area contributed by atoms with Gasteiger partial charge >= 0.3 is 0 Å². The smallest absolute Gasteiger partial charge is 0.274 e. The van der Waals surface area contributed by atoms with Gasteiger partial charge in [-0.2, -0.15) is 5.10 Å². The molecule has 0 saturated heterocycles. The first kappa shape index (κ1) is 15.5. The van der Waals surface area contributed by atoms with Crippen molar-refractivity contribution >= 4 is 17.2 Å². The number of thiophene rings is 1. The first-order chi connectivity index (χ1) is 11.1. The number of rotatable bonds is 5. The van der Waals surface area contributed by atoms with Crippen LogP contribution in [0, 0.1) is 0 Å². The summed E-state index contributed by atoms with van der Waals surface area (Å²) in [5.41, 5.74) is 2.45. The quantitative estimate of drug-likeness (QED) is 0.764. The van der Waals surface area contributed by atoms with Crippen molar-refractivity contribution in [1.82, 2.24) is 15.1 Å². The number of aromatic amines is 1. The fraction of sp³-hybridized carbons (Fsp3) is 0.222. The van der Waals surface area contributed by atoms with Gasteiger partial charge in [0.15, 0.2) is 5.69 Å². The average Bonchev–Trinajstić information content (AvgIpc) is 3.23. The number of nitrogens with zero attached hydrogens (tertiary/aromatic N) is 2. The van der Waals surface area contributed by atoms with E-state index < -0.39 is 0 Å². The highest BCUT2D eigenvalue weighted by molar-refractivity contribution is 7.13. The molecular weight excluding hydrogens is 306 g/mol. The number of H-pyrrole nitrogens is 1. The zero-order valence-corrected chi connectivity index (χ0v) is 14.0. The summed E-state index contributed by atoms with van der Waals surface area (Å²) in [6, 6.07) is 15.9. The summed E-state index contributed by atoms with van der Waals surface area (Å²) >= 11 is 1.62. The molecule has 0 aliphatic heterocycles. The summed E-state index contributed by atoms with van der Waals surface area (Å²) in [4.78, 5) is 15.7. The molecule has 0 aliphatic rings. The largest absolute Gasteiger partial charge is 0.331 e. The van der Waals surface area contributed by atoms with Crippen LogP contribution in [0.2, 0.25) is 0 Å². The summed E-state index contributed by atoms with van der Waals surface area (Å²) in [7, 11) is 0. The molecule has 0 fully saturated rings. The Bertz CT molecular complexity index is 763. The molecule has 1 aromatic carbocycles. The number of hydrogen-bond donors (Lipinski definition) is 1. The molecule has 2 heterocycles. The number of benzene rings is 1. The maximum atomic E-state index is 12.8. The highest BCUT2D eigenvalue weighted by Crippen LogP contribution is 2.23. The minimum atomic E-state index is -0.0529. The average molecular weight is 325 g/mol. The molecule has 1 amide bonds. The summed E-state index contributed by atoms with van der Waals surface area (Å²) in [5, 5.41) is 9.17. The van der Waals surface area contributed by atoms with Crippen molar-refractivity contribution < 1.29 is 4.79 Å². The molecule has 5 heteroatoms. The van der Waals surface area contributed by atoms with Crippen LogP contribution in [0.5, 0.6) is 0 Å². The molecule has 1 N–H and O–H groups in total. The lowest BCUT2D eigenvalue weighted by Gasteiger charge is -2.26. The van der Waals surface area contributed by atoms with E-state index in [9.17, 15) is 4.79 Å². The third-order valence-corrected chi connectivity index (χ3v) is 4.57. The Morgan fingerprint density at radius 3 is 2.65 bits per heavy atom. The summed E-state index contributed by atoms with van der Waals surface area (Å²) in [5.74, 6) is -0.0529. The molecule has 4 nitrogen and oxygen atoms in total. The Balaban J connectivity index is 1.81. The summed E-state index contributed by atoms with van der Waals surface area (Å²) in [6.07, 6.45) is 0. The predicted octanol–water partition coefficient (Wildman–Crippen LogP) is 4.19. The number of hydrogen-bond acceptors (Lipinski definition) is 3. The van der Waals surface area contributed by atoms with E-state index in [1.165, 1.54) is 0 Å². The fourth-order valence-corrected chi connectivity index (χ4v) is 3.10. The Hall–Kier alpha value is -2.40. The van der Waals surface area contributed by atoms with E-state index in [1.54, 1.807) is 11.3 Å². The van der Waals surface area contributed by atoms with Crippen LogP contribution in [0.4, 0.5) is 0 Å². The minimum absolute atomic E-state index is 0.0529. The van der Waals surface area contributed by atoms with Crippen LogP contribution in [0.1, 0.15) is 29.9 Å². The van der Waals surface area contributed by atoms with E-state index >= 15 is 0 Å². The van der Waals surface area contributed by atoms with Gasteiger partial charge < -0.3 is 4.90 Å². The molecule has 0 radical (unpaired) electrons. The van der Waals surface area contributed by atoms with Gasteiger partial charge in [0, 0.05) is 12.6 Å². The van der Waals surface area contributed by atoms with Crippen molar-refractivity contribution in [3.05, 3.63) is 65.2 Å². The molecule has 118 valence electrons. The van der Waals surface area contributed by atoms with E-state index in [0.717, 1.165) is 16.1 Å². The van der Waals surface area contributed by atoms with E-state index in [4.69, 9.17) is 0 Å². The van der Waals surface area contributed by atoms with Gasteiger partial charge in [0.25, 0.3) is 5.91 Å². The van der Waals surface area contributed by atoms with Crippen LogP contribution in [0.3, 0.4) is 0 Å². The van der Waals surface area contributed by atoms with Crippen LogP contribution >= 0.6 is 11.3 Å². The Labute approximate surface area is 139 Å². The lowest BCUT2D eigenvalue weighted by Crippen LogP contribution is -2.36. The van der Waals surface area contributed by atoms with Crippen molar-refractivity contribution in [3.63, 3.8) is 0 Å². The Morgan fingerprint density at radius 1 is 1.22 bits per heavy atom. The number of carbonyl (C=O) groups is 1. The molecule has 0 bridgehead atoms. The zero-order valence-electron chi connectivity index (χ0n) is 13.2. The number of aromatic nitrogens is 2. The third-order valence-electron chi connectivity index (χ3n) is 3.66. The van der Waals surface area contributed by atoms with Crippen LogP contribution in [0.25, 0.3) is 10.6 Å². The number of nitrogens with one attached hydrogen (secondary N) is 1. The molecule has 0 unspecified atom stereocenters. The molecule has 0 aliphatic carbocycles. The monoisotopic (exact) mass is 325 g/mol. The fourth-order valence-electron chi connectivity index (χ4n) is 2.41. The van der Waals surface area contributed by atoms with Gasteiger partial charge in [0.2, 0.25) is 0 Å². The topological polar surface area (TPSA) is 49.0 Å². The lowest BCUT2D eigenvalue weighted by molar-refractivity contribution is 0.0684.